The molecule has 0 spiro atoms. The number of carboxylic acids is 1. The average molecular weight is 246 g/mol. The first-order valence-corrected chi connectivity index (χ1v) is 5.13. The van der Waals surface area contributed by atoms with E-state index in [1.54, 1.807) is 22.9 Å². The number of fused-ring (bicyclic) bond motifs is 1. The largest absolute Gasteiger partial charge is 0.478 e. The Hall–Kier alpha value is -2.63. The molecule has 0 radical (unpaired) electrons. The summed E-state index contributed by atoms with van der Waals surface area (Å²) in [5, 5.41) is 20.1. The molecule has 92 valence electrons. The van der Waals surface area contributed by atoms with Crippen LogP contribution in [0.1, 0.15) is 0 Å². The molecule has 1 heterocycles. The van der Waals surface area contributed by atoms with E-state index < -0.39 is 10.9 Å². The van der Waals surface area contributed by atoms with Crippen LogP contribution in [0.4, 0.5) is 5.69 Å². The minimum absolute atomic E-state index is 0.0114. The minimum atomic E-state index is -1.06. The molecule has 0 fully saturated rings. The van der Waals surface area contributed by atoms with Crippen LogP contribution in [0.5, 0.6) is 0 Å². The molecule has 1 aromatic heterocycles. The minimum Gasteiger partial charge on any atom is -0.478 e. The number of rotatable bonds is 4. The van der Waals surface area contributed by atoms with Crippen molar-refractivity contribution in [1.29, 1.82) is 0 Å². The molecule has 0 unspecified atom stereocenters. The standard InChI is InChI=1S/C12H10N2O4/c1-8(12(15)16)7-13-5-4-9-6-10(14(17)18)2-3-11(9)13/h2-6H,1,7H2,(H,15,16). The maximum absolute atomic E-state index is 10.7. The van der Waals surface area contributed by atoms with Crippen LogP contribution in [0.15, 0.2) is 42.6 Å². The molecule has 0 amide bonds. The zero-order valence-electron chi connectivity index (χ0n) is 9.37. The predicted octanol–water partition coefficient (Wildman–Crippen LogP) is 2.19. The lowest BCUT2D eigenvalue weighted by atomic mass is 10.2. The van der Waals surface area contributed by atoms with Gasteiger partial charge >= 0.3 is 5.97 Å². The number of carbonyl (C=O) groups is 1. The summed E-state index contributed by atoms with van der Waals surface area (Å²) in [6.07, 6.45) is 1.68. The molecule has 2 rings (SSSR count). The van der Waals surface area contributed by atoms with Gasteiger partial charge in [-0.05, 0) is 12.1 Å². The molecule has 0 aliphatic carbocycles. The van der Waals surface area contributed by atoms with E-state index in [1.165, 1.54) is 12.1 Å². The number of nitro groups is 1. The summed E-state index contributed by atoms with van der Waals surface area (Å²) in [6.45, 7) is 3.60. The van der Waals surface area contributed by atoms with Gasteiger partial charge in [0.15, 0.2) is 0 Å². The third-order valence-electron chi connectivity index (χ3n) is 2.63. The third kappa shape index (κ3) is 2.08. The van der Waals surface area contributed by atoms with Crippen molar-refractivity contribution in [2.75, 3.05) is 0 Å². The van der Waals surface area contributed by atoms with E-state index in [2.05, 4.69) is 6.58 Å². The molecule has 6 heteroatoms. The van der Waals surface area contributed by atoms with Crippen LogP contribution in [0, 0.1) is 10.1 Å². The van der Waals surface area contributed by atoms with Crippen LogP contribution in [-0.2, 0) is 11.3 Å². The number of aliphatic carboxylic acids is 1. The zero-order valence-corrected chi connectivity index (χ0v) is 9.37. The fraction of sp³-hybridized carbons (Fsp3) is 0.0833. The van der Waals surface area contributed by atoms with Crippen molar-refractivity contribution in [3.05, 3.63) is 52.7 Å². The van der Waals surface area contributed by atoms with Gasteiger partial charge in [0, 0.05) is 34.8 Å². The molecule has 0 bridgehead atoms. The number of hydrogen-bond acceptors (Lipinski definition) is 3. The number of nitrogens with zero attached hydrogens (tertiary/aromatic N) is 2. The predicted molar refractivity (Wildman–Crippen MR) is 65.4 cm³/mol. The summed E-state index contributed by atoms with van der Waals surface area (Å²) in [5.74, 6) is -1.06. The molecule has 6 nitrogen and oxygen atoms in total. The van der Waals surface area contributed by atoms with E-state index in [9.17, 15) is 14.9 Å². The smallest absolute Gasteiger partial charge is 0.332 e. The topological polar surface area (TPSA) is 85.4 Å². The Labute approximate surface area is 102 Å². The SMILES string of the molecule is C=C(Cn1ccc2cc([N+](=O)[O-])ccc21)C(=O)O. The maximum Gasteiger partial charge on any atom is 0.332 e. The Morgan fingerprint density at radius 1 is 1.44 bits per heavy atom. The highest BCUT2D eigenvalue weighted by Crippen LogP contribution is 2.22. The lowest BCUT2D eigenvalue weighted by Gasteiger charge is -2.04. The zero-order chi connectivity index (χ0) is 13.3. The van der Waals surface area contributed by atoms with Crippen LogP contribution >= 0.6 is 0 Å². The number of hydrogen-bond donors (Lipinski definition) is 1. The highest BCUT2D eigenvalue weighted by molar-refractivity contribution is 5.87. The second-order valence-electron chi connectivity index (χ2n) is 3.85. The highest BCUT2D eigenvalue weighted by atomic mass is 16.6. The molecule has 0 aliphatic heterocycles. The lowest BCUT2D eigenvalue weighted by Crippen LogP contribution is -2.07. The Morgan fingerprint density at radius 2 is 2.17 bits per heavy atom. The van der Waals surface area contributed by atoms with Crippen molar-refractivity contribution in [2.24, 2.45) is 0 Å². The van der Waals surface area contributed by atoms with Crippen molar-refractivity contribution in [3.63, 3.8) is 0 Å². The number of carboxylic acid groups (broad SMARTS) is 1. The van der Waals surface area contributed by atoms with E-state index >= 15 is 0 Å². The molecular formula is C12H10N2O4. The van der Waals surface area contributed by atoms with Gasteiger partial charge < -0.3 is 9.67 Å². The maximum atomic E-state index is 10.7. The number of non-ortho nitro benzene ring substituents is 1. The van der Waals surface area contributed by atoms with Gasteiger partial charge in [0.05, 0.1) is 11.5 Å². The molecule has 0 atom stereocenters. The summed E-state index contributed by atoms with van der Waals surface area (Å²) in [7, 11) is 0. The van der Waals surface area contributed by atoms with Crippen LogP contribution in [-0.4, -0.2) is 20.6 Å². The van der Waals surface area contributed by atoms with Crippen molar-refractivity contribution >= 4 is 22.6 Å². The number of benzene rings is 1. The van der Waals surface area contributed by atoms with Crippen molar-refractivity contribution < 1.29 is 14.8 Å². The third-order valence-corrected chi connectivity index (χ3v) is 2.63. The van der Waals surface area contributed by atoms with E-state index in [0.717, 1.165) is 5.52 Å². The lowest BCUT2D eigenvalue weighted by molar-refractivity contribution is -0.384. The first kappa shape index (κ1) is 11.8. The average Bonchev–Trinajstić information content (AvgIpc) is 2.71. The molecule has 1 N–H and O–H groups in total. The second-order valence-corrected chi connectivity index (χ2v) is 3.85. The second kappa shape index (κ2) is 4.33. The molecule has 1 aromatic carbocycles. The van der Waals surface area contributed by atoms with Crippen LogP contribution in [0.25, 0.3) is 10.9 Å². The fourth-order valence-electron chi connectivity index (χ4n) is 1.71. The molecule has 2 aromatic rings. The molecule has 0 saturated heterocycles. The summed E-state index contributed by atoms with van der Waals surface area (Å²) < 4.78 is 1.69. The first-order valence-electron chi connectivity index (χ1n) is 5.13. The van der Waals surface area contributed by atoms with Crippen LogP contribution in [0.3, 0.4) is 0 Å². The van der Waals surface area contributed by atoms with Gasteiger partial charge in [0.2, 0.25) is 0 Å². The molecule has 18 heavy (non-hydrogen) atoms. The quantitative estimate of drug-likeness (QED) is 0.509. The summed E-state index contributed by atoms with van der Waals surface area (Å²) in [5.41, 5.74) is 0.811. The van der Waals surface area contributed by atoms with E-state index in [1.807, 2.05) is 0 Å². The Balaban J connectivity index is 2.40. The van der Waals surface area contributed by atoms with Gasteiger partial charge in [-0.1, -0.05) is 6.58 Å². The van der Waals surface area contributed by atoms with Crippen molar-refractivity contribution in [1.82, 2.24) is 4.57 Å². The Morgan fingerprint density at radius 3 is 2.78 bits per heavy atom. The van der Waals surface area contributed by atoms with Gasteiger partial charge in [-0.2, -0.15) is 0 Å². The Bertz CT molecular complexity index is 657. The number of aromatic nitrogens is 1. The van der Waals surface area contributed by atoms with Gasteiger partial charge in [-0.25, -0.2) is 4.79 Å². The van der Waals surface area contributed by atoms with Gasteiger partial charge in [-0.15, -0.1) is 0 Å². The van der Waals surface area contributed by atoms with Gasteiger partial charge in [-0.3, -0.25) is 10.1 Å². The first-order chi connectivity index (χ1) is 8.49. The summed E-state index contributed by atoms with van der Waals surface area (Å²) >= 11 is 0. The van der Waals surface area contributed by atoms with Gasteiger partial charge in [0.1, 0.15) is 0 Å². The van der Waals surface area contributed by atoms with Crippen LogP contribution in [0.2, 0.25) is 0 Å². The Kier molecular flexibility index (Phi) is 2.85. The fourth-order valence-corrected chi connectivity index (χ4v) is 1.71. The van der Waals surface area contributed by atoms with Crippen LogP contribution < -0.4 is 0 Å². The summed E-state index contributed by atoms with van der Waals surface area (Å²) in [6, 6.07) is 6.15. The molecule has 0 aliphatic rings. The van der Waals surface area contributed by atoms with E-state index in [-0.39, 0.29) is 17.8 Å². The number of nitro benzene ring substituents is 1. The van der Waals surface area contributed by atoms with E-state index in [0.29, 0.717) is 5.39 Å². The van der Waals surface area contributed by atoms with Gasteiger partial charge in [0.25, 0.3) is 5.69 Å². The molecule has 0 saturated carbocycles. The summed E-state index contributed by atoms with van der Waals surface area (Å²) in [4.78, 5) is 20.9. The highest BCUT2D eigenvalue weighted by Gasteiger charge is 2.10. The van der Waals surface area contributed by atoms with Crippen molar-refractivity contribution in [2.45, 2.75) is 6.54 Å². The monoisotopic (exact) mass is 246 g/mol. The molecular weight excluding hydrogens is 236 g/mol. The van der Waals surface area contributed by atoms with E-state index in [4.69, 9.17) is 5.11 Å². The van der Waals surface area contributed by atoms with Crippen molar-refractivity contribution in [3.8, 4) is 0 Å². The normalized spacial score (nSPS) is 10.4.